The summed E-state index contributed by atoms with van der Waals surface area (Å²) in [6, 6.07) is 5.20. The van der Waals surface area contributed by atoms with E-state index in [1.165, 1.54) is 12.7 Å². The van der Waals surface area contributed by atoms with E-state index in [1.54, 1.807) is 18.2 Å². The van der Waals surface area contributed by atoms with Crippen LogP contribution >= 0.6 is 11.6 Å². The molecule has 5 heteroatoms. The van der Waals surface area contributed by atoms with Crippen molar-refractivity contribution in [2.45, 2.75) is 37.1 Å². The molecular formula is C13H18ClNO2S. The number of hydrogen-bond acceptors (Lipinski definition) is 3. The fourth-order valence-electron chi connectivity index (χ4n) is 2.40. The van der Waals surface area contributed by atoms with Crippen LogP contribution in [0.1, 0.15) is 26.2 Å². The first kappa shape index (κ1) is 13.7. The van der Waals surface area contributed by atoms with Crippen molar-refractivity contribution < 1.29 is 8.42 Å². The number of benzene rings is 1. The zero-order valence-corrected chi connectivity index (χ0v) is 12.2. The lowest BCUT2D eigenvalue weighted by Crippen LogP contribution is -2.15. The van der Waals surface area contributed by atoms with Crippen molar-refractivity contribution in [2.24, 2.45) is 5.92 Å². The van der Waals surface area contributed by atoms with E-state index in [0.717, 1.165) is 24.4 Å². The summed E-state index contributed by atoms with van der Waals surface area (Å²) in [7, 11) is -3.19. The maximum absolute atomic E-state index is 11.5. The Hall–Kier alpha value is -0.740. The maximum Gasteiger partial charge on any atom is 0.175 e. The Kier molecular flexibility index (Phi) is 3.87. The van der Waals surface area contributed by atoms with Crippen molar-refractivity contribution in [2.75, 3.05) is 11.6 Å². The van der Waals surface area contributed by atoms with Gasteiger partial charge in [-0.3, -0.25) is 0 Å². The Morgan fingerprint density at radius 3 is 2.61 bits per heavy atom. The fraction of sp³-hybridized carbons (Fsp3) is 0.538. The topological polar surface area (TPSA) is 46.2 Å². The molecule has 0 radical (unpaired) electrons. The number of nitrogens with one attached hydrogen (secondary N) is 1. The molecule has 1 saturated carbocycles. The monoisotopic (exact) mass is 287 g/mol. The zero-order valence-electron chi connectivity index (χ0n) is 10.6. The summed E-state index contributed by atoms with van der Waals surface area (Å²) < 4.78 is 23.0. The predicted octanol–water partition coefficient (Wildman–Crippen LogP) is 3.34. The lowest BCUT2D eigenvalue weighted by molar-refractivity contribution is 0.600. The maximum atomic E-state index is 11.5. The number of sulfone groups is 1. The van der Waals surface area contributed by atoms with Crippen LogP contribution in [0.2, 0.25) is 5.02 Å². The molecule has 2 unspecified atom stereocenters. The molecule has 18 heavy (non-hydrogen) atoms. The van der Waals surface area contributed by atoms with Gasteiger partial charge in [0.1, 0.15) is 0 Å². The fourth-order valence-corrected chi connectivity index (χ4v) is 3.22. The van der Waals surface area contributed by atoms with E-state index >= 15 is 0 Å². The average Bonchev–Trinajstić information content (AvgIpc) is 2.66. The smallest absolute Gasteiger partial charge is 0.175 e. The molecule has 100 valence electrons. The van der Waals surface area contributed by atoms with Gasteiger partial charge in [-0.1, -0.05) is 18.5 Å². The molecule has 1 aromatic carbocycles. The van der Waals surface area contributed by atoms with E-state index in [-0.39, 0.29) is 0 Å². The third-order valence-electron chi connectivity index (χ3n) is 3.42. The van der Waals surface area contributed by atoms with Crippen molar-refractivity contribution in [1.82, 2.24) is 0 Å². The van der Waals surface area contributed by atoms with Gasteiger partial charge < -0.3 is 5.32 Å². The van der Waals surface area contributed by atoms with Crippen LogP contribution in [0, 0.1) is 5.92 Å². The lowest BCUT2D eigenvalue weighted by atomic mass is 10.1. The van der Waals surface area contributed by atoms with Gasteiger partial charge in [0, 0.05) is 12.3 Å². The largest absolute Gasteiger partial charge is 0.381 e. The van der Waals surface area contributed by atoms with Gasteiger partial charge in [0.05, 0.1) is 15.6 Å². The Balaban J connectivity index is 2.22. The summed E-state index contributed by atoms with van der Waals surface area (Å²) >= 11 is 6.10. The van der Waals surface area contributed by atoms with Crippen LogP contribution in [0.25, 0.3) is 0 Å². The van der Waals surface area contributed by atoms with Crippen LogP contribution in [-0.2, 0) is 9.84 Å². The minimum Gasteiger partial charge on any atom is -0.381 e. The first-order valence-electron chi connectivity index (χ1n) is 6.12. The number of halogens is 1. The van der Waals surface area contributed by atoms with E-state index in [0.29, 0.717) is 16.0 Å². The van der Waals surface area contributed by atoms with Crippen LogP contribution in [0.5, 0.6) is 0 Å². The highest BCUT2D eigenvalue weighted by molar-refractivity contribution is 7.90. The van der Waals surface area contributed by atoms with Gasteiger partial charge in [-0.25, -0.2) is 8.42 Å². The molecule has 0 spiro atoms. The van der Waals surface area contributed by atoms with Crippen LogP contribution in [0.3, 0.4) is 0 Å². The zero-order chi connectivity index (χ0) is 13.3. The molecule has 0 saturated heterocycles. The summed E-state index contributed by atoms with van der Waals surface area (Å²) in [4.78, 5) is 0.306. The highest BCUT2D eigenvalue weighted by Gasteiger charge is 2.22. The third-order valence-corrected chi connectivity index (χ3v) is 4.86. The molecular weight excluding hydrogens is 270 g/mol. The molecule has 0 aromatic heterocycles. The minimum absolute atomic E-state index is 0.306. The van der Waals surface area contributed by atoms with Gasteiger partial charge in [-0.2, -0.15) is 0 Å². The van der Waals surface area contributed by atoms with Crippen molar-refractivity contribution in [3.05, 3.63) is 23.2 Å². The number of hydrogen-bond donors (Lipinski definition) is 1. The van der Waals surface area contributed by atoms with Gasteiger partial charge in [-0.15, -0.1) is 0 Å². The predicted molar refractivity (Wildman–Crippen MR) is 75.0 cm³/mol. The summed E-state index contributed by atoms with van der Waals surface area (Å²) in [6.45, 7) is 2.23. The van der Waals surface area contributed by atoms with Crippen LogP contribution in [-0.4, -0.2) is 20.7 Å². The lowest BCUT2D eigenvalue weighted by Gasteiger charge is -2.16. The molecule has 2 rings (SSSR count). The van der Waals surface area contributed by atoms with Crippen molar-refractivity contribution in [1.29, 1.82) is 0 Å². The molecule has 1 aromatic rings. The Labute approximate surface area is 113 Å². The second-order valence-corrected chi connectivity index (χ2v) is 7.60. The molecule has 0 amide bonds. The molecule has 2 atom stereocenters. The van der Waals surface area contributed by atoms with Gasteiger partial charge in [-0.05, 0) is 43.4 Å². The Morgan fingerprint density at radius 2 is 2.06 bits per heavy atom. The first-order valence-corrected chi connectivity index (χ1v) is 8.39. The van der Waals surface area contributed by atoms with Gasteiger partial charge in [0.2, 0.25) is 0 Å². The van der Waals surface area contributed by atoms with Crippen molar-refractivity contribution >= 4 is 27.1 Å². The van der Waals surface area contributed by atoms with E-state index in [2.05, 4.69) is 12.2 Å². The molecule has 3 nitrogen and oxygen atoms in total. The summed E-state index contributed by atoms with van der Waals surface area (Å²) in [6.07, 6.45) is 4.64. The minimum atomic E-state index is -3.19. The van der Waals surface area contributed by atoms with E-state index in [4.69, 9.17) is 11.6 Å². The van der Waals surface area contributed by atoms with E-state index in [1.807, 2.05) is 0 Å². The van der Waals surface area contributed by atoms with E-state index in [9.17, 15) is 8.42 Å². The van der Waals surface area contributed by atoms with E-state index < -0.39 is 9.84 Å². The summed E-state index contributed by atoms with van der Waals surface area (Å²) in [5.74, 6) is 0.722. The van der Waals surface area contributed by atoms with Crippen molar-refractivity contribution in [3.8, 4) is 0 Å². The van der Waals surface area contributed by atoms with Gasteiger partial charge in [0.25, 0.3) is 0 Å². The number of anilines is 1. The van der Waals surface area contributed by atoms with Crippen LogP contribution < -0.4 is 5.32 Å². The Bertz CT molecular complexity index is 542. The SMILES string of the molecule is CC1CCC(Nc2cc(S(C)(=O)=O)ccc2Cl)C1. The second-order valence-electron chi connectivity index (χ2n) is 5.17. The van der Waals surface area contributed by atoms with Crippen LogP contribution in [0.15, 0.2) is 23.1 Å². The molecule has 0 heterocycles. The van der Waals surface area contributed by atoms with Crippen molar-refractivity contribution in [3.63, 3.8) is 0 Å². The first-order chi connectivity index (χ1) is 8.36. The molecule has 0 aliphatic heterocycles. The standard InChI is InChI=1S/C13H18ClNO2S/c1-9-3-4-10(7-9)15-13-8-11(18(2,16)17)5-6-12(13)14/h5-6,8-10,15H,3-4,7H2,1-2H3. The molecule has 0 bridgehead atoms. The number of rotatable bonds is 3. The molecule has 1 N–H and O–H groups in total. The summed E-state index contributed by atoms with van der Waals surface area (Å²) in [5, 5.41) is 3.93. The second kappa shape index (κ2) is 5.10. The Morgan fingerprint density at radius 1 is 1.33 bits per heavy atom. The highest BCUT2D eigenvalue weighted by Crippen LogP contribution is 2.31. The molecule has 1 aliphatic carbocycles. The van der Waals surface area contributed by atoms with Gasteiger partial charge >= 0.3 is 0 Å². The third kappa shape index (κ3) is 3.18. The quantitative estimate of drug-likeness (QED) is 0.927. The molecule has 1 aliphatic rings. The van der Waals surface area contributed by atoms with Crippen LogP contribution in [0.4, 0.5) is 5.69 Å². The summed E-state index contributed by atoms with van der Waals surface area (Å²) in [5.41, 5.74) is 0.721. The van der Waals surface area contributed by atoms with Gasteiger partial charge in [0.15, 0.2) is 9.84 Å². The molecule has 1 fully saturated rings. The normalized spacial score (nSPS) is 24.2. The average molecular weight is 288 g/mol. The highest BCUT2D eigenvalue weighted by atomic mass is 35.5.